The smallest absolute Gasteiger partial charge is 0.261 e. The first-order chi connectivity index (χ1) is 10.2. The number of hydrogen-bond acceptors (Lipinski definition) is 4. The lowest BCUT2D eigenvalue weighted by Crippen LogP contribution is -2.58. The van der Waals surface area contributed by atoms with Gasteiger partial charge in [-0.05, 0) is 25.0 Å². The molecule has 2 amide bonds. The summed E-state index contributed by atoms with van der Waals surface area (Å²) in [5, 5.41) is 0. The van der Waals surface area contributed by atoms with Gasteiger partial charge in [-0.3, -0.25) is 14.4 Å². The molecule has 1 aliphatic rings. The zero-order valence-electron chi connectivity index (χ0n) is 13.0. The Hall–Kier alpha value is -2.15. The molecule has 1 saturated heterocycles. The molecule has 0 aromatic carbocycles. The largest absolute Gasteiger partial charge is 0.367 e. The number of carbonyl (C=O) groups excluding carboxylic acids is 2. The maximum atomic E-state index is 12.5. The van der Waals surface area contributed by atoms with Crippen molar-refractivity contribution in [2.24, 2.45) is 5.73 Å². The average molecular weight is 307 g/mol. The van der Waals surface area contributed by atoms with Crippen molar-refractivity contribution >= 4 is 11.8 Å². The molecule has 2 heterocycles. The Morgan fingerprint density at radius 1 is 1.41 bits per heavy atom. The predicted molar refractivity (Wildman–Crippen MR) is 80.6 cm³/mol. The molecule has 22 heavy (non-hydrogen) atoms. The van der Waals surface area contributed by atoms with Crippen LogP contribution in [0.15, 0.2) is 16.9 Å². The molecule has 1 fully saturated rings. The molecule has 3 N–H and O–H groups in total. The van der Waals surface area contributed by atoms with E-state index >= 15 is 0 Å². The maximum Gasteiger partial charge on any atom is 0.261 e. The summed E-state index contributed by atoms with van der Waals surface area (Å²) < 4.78 is 5.37. The highest BCUT2D eigenvalue weighted by Gasteiger charge is 2.39. The summed E-state index contributed by atoms with van der Waals surface area (Å²) in [5.74, 6) is -0.889. The van der Waals surface area contributed by atoms with Gasteiger partial charge in [0.2, 0.25) is 0 Å². The Labute approximate surface area is 128 Å². The van der Waals surface area contributed by atoms with Gasteiger partial charge in [0, 0.05) is 12.2 Å². The van der Waals surface area contributed by atoms with Crippen molar-refractivity contribution in [1.82, 2.24) is 9.88 Å². The first-order valence-corrected chi connectivity index (χ1v) is 7.21. The van der Waals surface area contributed by atoms with Gasteiger partial charge in [0.05, 0.1) is 13.2 Å². The highest BCUT2D eigenvalue weighted by molar-refractivity contribution is 5.94. The second kappa shape index (κ2) is 5.92. The molecule has 0 saturated carbocycles. The Kier molecular flexibility index (Phi) is 4.37. The van der Waals surface area contributed by atoms with Gasteiger partial charge in [0.1, 0.15) is 5.56 Å². The molecule has 7 nitrogen and oxygen atoms in total. The fourth-order valence-corrected chi connectivity index (χ4v) is 2.36. The van der Waals surface area contributed by atoms with E-state index in [-0.39, 0.29) is 24.6 Å². The first-order valence-electron chi connectivity index (χ1n) is 7.21. The first kappa shape index (κ1) is 16.2. The fourth-order valence-electron chi connectivity index (χ4n) is 2.36. The van der Waals surface area contributed by atoms with Crippen molar-refractivity contribution < 1.29 is 14.3 Å². The maximum absolute atomic E-state index is 12.5. The summed E-state index contributed by atoms with van der Waals surface area (Å²) >= 11 is 0. The molecule has 2 rings (SSSR count). The Balaban J connectivity index is 2.25. The van der Waals surface area contributed by atoms with Crippen molar-refractivity contribution in [2.75, 3.05) is 19.7 Å². The van der Waals surface area contributed by atoms with Crippen LogP contribution in [0.4, 0.5) is 0 Å². The predicted octanol–water partition coefficient (Wildman–Crippen LogP) is 0.215. The lowest BCUT2D eigenvalue weighted by atomic mass is 10.0. The van der Waals surface area contributed by atoms with Crippen molar-refractivity contribution in [3.8, 4) is 0 Å². The van der Waals surface area contributed by atoms with Crippen LogP contribution in [0.2, 0.25) is 0 Å². The summed E-state index contributed by atoms with van der Waals surface area (Å²) in [6.07, 6.45) is 0. The van der Waals surface area contributed by atoms with Crippen LogP contribution in [-0.2, 0) is 9.53 Å². The lowest BCUT2D eigenvalue weighted by molar-refractivity contribution is -0.150. The molecular weight excluding hydrogens is 286 g/mol. The Morgan fingerprint density at radius 2 is 2.09 bits per heavy atom. The highest BCUT2D eigenvalue weighted by Crippen LogP contribution is 2.18. The van der Waals surface area contributed by atoms with Crippen LogP contribution < -0.4 is 11.3 Å². The van der Waals surface area contributed by atoms with Crippen molar-refractivity contribution in [3.05, 3.63) is 33.7 Å². The minimum Gasteiger partial charge on any atom is -0.367 e. The van der Waals surface area contributed by atoms with Gasteiger partial charge in [0.25, 0.3) is 17.4 Å². The topological polar surface area (TPSA) is 105 Å². The van der Waals surface area contributed by atoms with Gasteiger partial charge >= 0.3 is 0 Å². The Bertz CT molecular complexity index is 652. The zero-order chi connectivity index (χ0) is 16.5. The van der Waals surface area contributed by atoms with E-state index in [0.717, 1.165) is 5.69 Å². The second-order valence-electron chi connectivity index (χ2n) is 5.98. The third-order valence-corrected chi connectivity index (χ3v) is 3.87. The Morgan fingerprint density at radius 3 is 2.64 bits per heavy atom. The number of primary amides is 1. The molecule has 120 valence electrons. The fraction of sp³-hybridized carbons (Fsp3) is 0.533. The molecule has 1 aromatic heterocycles. The number of hydrogen-bond donors (Lipinski definition) is 2. The van der Waals surface area contributed by atoms with Crippen LogP contribution in [0.5, 0.6) is 0 Å². The summed E-state index contributed by atoms with van der Waals surface area (Å²) in [5.41, 5.74) is 4.49. The number of pyridine rings is 1. The van der Waals surface area contributed by atoms with E-state index in [1.807, 2.05) is 13.8 Å². The molecular formula is C15H21N3O4. The second-order valence-corrected chi connectivity index (χ2v) is 5.98. The van der Waals surface area contributed by atoms with Gasteiger partial charge in [-0.2, -0.15) is 0 Å². The molecule has 1 aliphatic heterocycles. The molecule has 0 aliphatic carbocycles. The van der Waals surface area contributed by atoms with Crippen LogP contribution in [0, 0.1) is 0 Å². The van der Waals surface area contributed by atoms with Crippen molar-refractivity contribution in [2.45, 2.75) is 32.3 Å². The van der Waals surface area contributed by atoms with Crippen LogP contribution in [0.25, 0.3) is 0 Å². The molecule has 1 atom stereocenters. The van der Waals surface area contributed by atoms with Crippen molar-refractivity contribution in [1.29, 1.82) is 0 Å². The van der Waals surface area contributed by atoms with Crippen LogP contribution in [0.1, 0.15) is 42.7 Å². The number of H-pyrrole nitrogens is 1. The number of nitrogens with two attached hydrogens (primary N) is 1. The van der Waals surface area contributed by atoms with E-state index in [1.54, 1.807) is 13.0 Å². The van der Waals surface area contributed by atoms with Crippen LogP contribution in [-0.4, -0.2) is 47.0 Å². The number of ether oxygens (including phenoxy) is 1. The number of aromatic nitrogens is 1. The SMILES string of the molecule is CC(C)c1ccc(C(=O)N2CCO[C@](C)(C(N)=O)C2)c(=O)[nH]1. The number of nitrogens with one attached hydrogen (secondary N) is 1. The van der Waals surface area contributed by atoms with Gasteiger partial charge in [-0.1, -0.05) is 13.8 Å². The summed E-state index contributed by atoms with van der Waals surface area (Å²) in [6, 6.07) is 3.25. The average Bonchev–Trinajstić information content (AvgIpc) is 2.46. The van der Waals surface area contributed by atoms with Gasteiger partial charge in [0.15, 0.2) is 5.60 Å². The number of nitrogens with zero attached hydrogens (tertiary/aromatic N) is 1. The number of rotatable bonds is 3. The van der Waals surface area contributed by atoms with Crippen molar-refractivity contribution in [3.63, 3.8) is 0 Å². The monoisotopic (exact) mass is 307 g/mol. The quantitative estimate of drug-likeness (QED) is 0.833. The summed E-state index contributed by atoms with van der Waals surface area (Å²) in [4.78, 5) is 40.2. The number of carbonyl (C=O) groups is 2. The van der Waals surface area contributed by atoms with E-state index < -0.39 is 23.0 Å². The normalized spacial score (nSPS) is 21.9. The van der Waals surface area contributed by atoms with Gasteiger partial charge in [-0.15, -0.1) is 0 Å². The zero-order valence-corrected chi connectivity index (χ0v) is 13.0. The van der Waals surface area contributed by atoms with Crippen LogP contribution in [0.3, 0.4) is 0 Å². The minimum absolute atomic E-state index is 0.0343. The molecule has 0 bridgehead atoms. The van der Waals surface area contributed by atoms with E-state index in [2.05, 4.69) is 4.98 Å². The summed E-state index contributed by atoms with van der Waals surface area (Å²) in [7, 11) is 0. The number of amides is 2. The lowest BCUT2D eigenvalue weighted by Gasteiger charge is -2.38. The molecule has 0 radical (unpaired) electrons. The standard InChI is InChI=1S/C15H21N3O4/c1-9(2)11-5-4-10(12(19)17-11)13(20)18-6-7-22-15(3,8-18)14(16)21/h4-5,9H,6-8H2,1-3H3,(H2,16,21)(H,17,19)/t15-/m0/s1. The molecule has 0 spiro atoms. The van der Waals surface area contributed by atoms with E-state index in [0.29, 0.717) is 6.54 Å². The highest BCUT2D eigenvalue weighted by atomic mass is 16.5. The van der Waals surface area contributed by atoms with Gasteiger partial charge < -0.3 is 20.4 Å². The third-order valence-electron chi connectivity index (χ3n) is 3.87. The van der Waals surface area contributed by atoms with E-state index in [9.17, 15) is 14.4 Å². The number of morpholine rings is 1. The minimum atomic E-state index is -1.22. The number of aromatic amines is 1. The molecule has 0 unspecified atom stereocenters. The molecule has 7 heteroatoms. The van der Waals surface area contributed by atoms with Crippen LogP contribution >= 0.6 is 0 Å². The van der Waals surface area contributed by atoms with E-state index in [4.69, 9.17) is 10.5 Å². The van der Waals surface area contributed by atoms with Gasteiger partial charge in [-0.25, -0.2) is 0 Å². The molecule has 1 aromatic rings. The third kappa shape index (κ3) is 3.04. The summed E-state index contributed by atoms with van der Waals surface area (Å²) in [6.45, 7) is 5.99. The van der Waals surface area contributed by atoms with E-state index in [1.165, 1.54) is 11.0 Å².